The van der Waals surface area contributed by atoms with Crippen molar-refractivity contribution in [2.45, 2.75) is 0 Å². The van der Waals surface area contributed by atoms with E-state index in [2.05, 4.69) is 203 Å². The summed E-state index contributed by atoms with van der Waals surface area (Å²) in [5.41, 5.74) is 14.1. The van der Waals surface area contributed by atoms with Crippen LogP contribution >= 0.6 is 0 Å². The fourth-order valence-electron chi connectivity index (χ4n) is 8.43. The Morgan fingerprint density at radius 1 is 0.321 bits per heavy atom. The number of fused-ring (bicyclic) bond motifs is 7. The van der Waals surface area contributed by atoms with E-state index >= 15 is 0 Å². The van der Waals surface area contributed by atoms with Gasteiger partial charge in [0.1, 0.15) is 0 Å². The van der Waals surface area contributed by atoms with E-state index in [9.17, 15) is 0 Å². The van der Waals surface area contributed by atoms with Crippen LogP contribution in [0.3, 0.4) is 0 Å². The molecule has 0 N–H and O–H groups in total. The van der Waals surface area contributed by atoms with Gasteiger partial charge < -0.3 is 9.13 Å². The summed E-state index contributed by atoms with van der Waals surface area (Å²) in [6, 6.07) is 73.0. The van der Waals surface area contributed by atoms with Gasteiger partial charge >= 0.3 is 0 Å². The molecule has 11 rings (SSSR count). The van der Waals surface area contributed by atoms with E-state index in [1.165, 1.54) is 43.6 Å². The molecule has 0 spiro atoms. The molecule has 3 aromatic heterocycles. The number of rotatable bonds is 6. The Morgan fingerprint density at radius 3 is 1.50 bits per heavy atom. The lowest BCUT2D eigenvalue weighted by Gasteiger charge is -2.14. The quantitative estimate of drug-likeness (QED) is 0.172. The third-order valence-corrected chi connectivity index (χ3v) is 11.0. The molecular formula is C52H34N4. The highest BCUT2D eigenvalue weighted by Crippen LogP contribution is 2.42. The molecule has 4 heteroatoms. The average molecular weight is 715 g/mol. The SMILES string of the molecule is c1ccc(-c2cc(-c3ccccc3)nc(-c3ccccc3-c3ccc(-n4c5ccccc5c5c4ccc4c6ccccc6n(-c6ccccc6)c45)cc3)n2)cc1. The highest BCUT2D eigenvalue weighted by Gasteiger charge is 2.21. The molecule has 4 nitrogen and oxygen atoms in total. The maximum absolute atomic E-state index is 5.16. The highest BCUT2D eigenvalue weighted by molar-refractivity contribution is 6.26. The second kappa shape index (κ2) is 13.1. The Balaban J connectivity index is 1.08. The molecule has 262 valence electrons. The molecule has 3 heterocycles. The van der Waals surface area contributed by atoms with Crippen LogP contribution in [0.25, 0.3) is 100 Å². The third-order valence-electron chi connectivity index (χ3n) is 11.0. The van der Waals surface area contributed by atoms with E-state index in [0.29, 0.717) is 5.82 Å². The Labute approximate surface area is 324 Å². The number of benzene rings is 8. The first kappa shape index (κ1) is 31.9. The van der Waals surface area contributed by atoms with Crippen LogP contribution in [-0.2, 0) is 0 Å². The van der Waals surface area contributed by atoms with Gasteiger partial charge in [0, 0.05) is 49.6 Å². The zero-order valence-corrected chi connectivity index (χ0v) is 30.4. The lowest BCUT2D eigenvalue weighted by Crippen LogP contribution is -1.98. The van der Waals surface area contributed by atoms with Crippen LogP contribution in [0.1, 0.15) is 0 Å². The van der Waals surface area contributed by atoms with E-state index < -0.39 is 0 Å². The van der Waals surface area contributed by atoms with E-state index in [0.717, 1.165) is 50.6 Å². The van der Waals surface area contributed by atoms with Crippen molar-refractivity contribution in [2.75, 3.05) is 0 Å². The zero-order chi connectivity index (χ0) is 37.0. The summed E-state index contributed by atoms with van der Waals surface area (Å²) in [6.45, 7) is 0. The topological polar surface area (TPSA) is 35.6 Å². The maximum Gasteiger partial charge on any atom is 0.161 e. The molecule has 0 radical (unpaired) electrons. The fourth-order valence-corrected chi connectivity index (χ4v) is 8.43. The molecule has 0 fully saturated rings. The molecule has 0 amide bonds. The highest BCUT2D eigenvalue weighted by atomic mass is 15.0. The van der Waals surface area contributed by atoms with Crippen molar-refractivity contribution in [1.29, 1.82) is 0 Å². The minimum atomic E-state index is 0.699. The number of hydrogen-bond donors (Lipinski definition) is 0. The molecule has 0 atom stereocenters. The first-order chi connectivity index (χ1) is 27.8. The first-order valence-electron chi connectivity index (χ1n) is 19.0. The van der Waals surface area contributed by atoms with Crippen molar-refractivity contribution in [1.82, 2.24) is 19.1 Å². The van der Waals surface area contributed by atoms with Gasteiger partial charge in [-0.15, -0.1) is 0 Å². The normalized spacial score (nSPS) is 11.6. The van der Waals surface area contributed by atoms with Crippen LogP contribution in [0, 0.1) is 0 Å². The van der Waals surface area contributed by atoms with Crippen LogP contribution in [0.2, 0.25) is 0 Å². The lowest BCUT2D eigenvalue weighted by molar-refractivity contribution is 1.17. The Hall–Kier alpha value is -7.56. The predicted octanol–water partition coefficient (Wildman–Crippen LogP) is 13.3. The number of hydrogen-bond acceptors (Lipinski definition) is 2. The molecule has 0 aliphatic heterocycles. The number of para-hydroxylation sites is 3. The second-order valence-corrected chi connectivity index (χ2v) is 14.2. The zero-order valence-electron chi connectivity index (χ0n) is 30.4. The van der Waals surface area contributed by atoms with Crippen LogP contribution in [0.5, 0.6) is 0 Å². The minimum Gasteiger partial charge on any atom is -0.309 e. The molecular weight excluding hydrogens is 681 g/mol. The minimum absolute atomic E-state index is 0.699. The van der Waals surface area contributed by atoms with Gasteiger partial charge in [0.05, 0.1) is 33.5 Å². The molecule has 0 bridgehead atoms. The van der Waals surface area contributed by atoms with E-state index in [1.54, 1.807) is 0 Å². The smallest absolute Gasteiger partial charge is 0.161 e. The van der Waals surface area contributed by atoms with Crippen molar-refractivity contribution in [3.8, 4) is 56.4 Å². The largest absolute Gasteiger partial charge is 0.309 e. The summed E-state index contributed by atoms with van der Waals surface area (Å²) in [6.07, 6.45) is 0. The summed E-state index contributed by atoms with van der Waals surface area (Å²) < 4.78 is 4.84. The monoisotopic (exact) mass is 714 g/mol. The lowest BCUT2D eigenvalue weighted by atomic mass is 9.98. The molecule has 56 heavy (non-hydrogen) atoms. The van der Waals surface area contributed by atoms with Gasteiger partial charge in [0.15, 0.2) is 5.82 Å². The predicted molar refractivity (Wildman–Crippen MR) is 232 cm³/mol. The Kier molecular flexibility index (Phi) is 7.46. The van der Waals surface area contributed by atoms with Crippen molar-refractivity contribution in [2.24, 2.45) is 0 Å². The van der Waals surface area contributed by atoms with E-state index in [-0.39, 0.29) is 0 Å². The van der Waals surface area contributed by atoms with E-state index in [1.807, 2.05) is 12.1 Å². The van der Waals surface area contributed by atoms with Crippen LogP contribution in [0.4, 0.5) is 0 Å². The first-order valence-corrected chi connectivity index (χ1v) is 19.0. The Morgan fingerprint density at radius 2 is 0.839 bits per heavy atom. The summed E-state index contributed by atoms with van der Waals surface area (Å²) in [5.74, 6) is 0.699. The van der Waals surface area contributed by atoms with Crippen LogP contribution in [-0.4, -0.2) is 19.1 Å². The van der Waals surface area contributed by atoms with Crippen LogP contribution in [0.15, 0.2) is 206 Å². The molecule has 11 aromatic rings. The van der Waals surface area contributed by atoms with Gasteiger partial charge in [0.2, 0.25) is 0 Å². The average Bonchev–Trinajstić information content (AvgIpc) is 3.80. The van der Waals surface area contributed by atoms with Gasteiger partial charge in [-0.1, -0.05) is 158 Å². The van der Waals surface area contributed by atoms with Crippen molar-refractivity contribution in [3.05, 3.63) is 206 Å². The van der Waals surface area contributed by atoms with Gasteiger partial charge in [-0.3, -0.25) is 0 Å². The maximum atomic E-state index is 5.16. The van der Waals surface area contributed by atoms with Crippen LogP contribution < -0.4 is 0 Å². The second-order valence-electron chi connectivity index (χ2n) is 14.2. The van der Waals surface area contributed by atoms with Gasteiger partial charge in [0.25, 0.3) is 0 Å². The molecule has 0 aliphatic rings. The summed E-state index contributed by atoms with van der Waals surface area (Å²) in [4.78, 5) is 10.3. The molecule has 0 unspecified atom stereocenters. The van der Waals surface area contributed by atoms with Crippen molar-refractivity contribution in [3.63, 3.8) is 0 Å². The summed E-state index contributed by atoms with van der Waals surface area (Å²) in [7, 11) is 0. The Bertz CT molecular complexity index is 3160. The molecule has 8 aromatic carbocycles. The van der Waals surface area contributed by atoms with Gasteiger partial charge in [-0.25, -0.2) is 9.97 Å². The number of nitrogens with zero attached hydrogens (tertiary/aromatic N) is 4. The van der Waals surface area contributed by atoms with Gasteiger partial charge in [-0.2, -0.15) is 0 Å². The third kappa shape index (κ3) is 5.15. The standard InChI is InChI=1S/C52H34N4/c1-4-16-36(17-5-1)45-34-46(37-18-6-2-7-19-37)54-52(53-45)43-24-11-10-22-40(43)35-28-30-39(31-29-35)55-48-27-15-13-25-44(48)50-49(55)33-32-42-41-23-12-14-26-47(41)56(51(42)50)38-20-8-3-9-21-38/h1-34H. The van der Waals surface area contributed by atoms with Crippen molar-refractivity contribution >= 4 is 43.6 Å². The van der Waals surface area contributed by atoms with E-state index in [4.69, 9.17) is 9.97 Å². The van der Waals surface area contributed by atoms with Crippen molar-refractivity contribution < 1.29 is 0 Å². The van der Waals surface area contributed by atoms with Gasteiger partial charge in [-0.05, 0) is 59.7 Å². The molecule has 0 saturated carbocycles. The fraction of sp³-hybridized carbons (Fsp3) is 0. The summed E-state index contributed by atoms with van der Waals surface area (Å²) >= 11 is 0. The molecule has 0 aliphatic carbocycles. The number of aromatic nitrogens is 4. The molecule has 0 saturated heterocycles. The summed E-state index contributed by atoms with van der Waals surface area (Å²) in [5, 5.41) is 4.98.